The van der Waals surface area contributed by atoms with Gasteiger partial charge in [0.15, 0.2) is 5.82 Å². The number of nitrogens with two attached hydrogens (primary N) is 1. The second-order valence-corrected chi connectivity index (χ2v) is 8.52. The number of ether oxygens (including phenoxy) is 1. The second kappa shape index (κ2) is 9.42. The van der Waals surface area contributed by atoms with Crippen molar-refractivity contribution in [1.29, 1.82) is 0 Å². The number of nitrogens with one attached hydrogen (secondary N) is 1. The van der Waals surface area contributed by atoms with Crippen molar-refractivity contribution < 1.29 is 22.7 Å². The van der Waals surface area contributed by atoms with E-state index in [2.05, 4.69) is 31.8 Å². The van der Waals surface area contributed by atoms with Gasteiger partial charge in [0, 0.05) is 30.4 Å². The van der Waals surface area contributed by atoms with Crippen molar-refractivity contribution in [1.82, 2.24) is 14.7 Å². The number of aliphatic imine (C=N–C) groups is 1. The van der Waals surface area contributed by atoms with E-state index in [1.54, 1.807) is 10.9 Å². The molecule has 11 heteroatoms. The minimum Gasteiger partial charge on any atom is -0.406 e. The molecule has 8 nitrogen and oxygen atoms in total. The molecule has 1 aromatic carbocycles. The number of likely N-dealkylation sites (tertiary alicyclic amines) is 1. The molecule has 1 aliphatic heterocycles. The molecule has 2 heterocycles. The number of nitrogens with zero attached hydrogens (tertiary/aromatic N) is 4. The summed E-state index contributed by atoms with van der Waals surface area (Å²) in [7, 11) is 0. The van der Waals surface area contributed by atoms with Gasteiger partial charge < -0.3 is 25.7 Å². The highest BCUT2D eigenvalue weighted by Gasteiger charge is 2.36. The number of aromatic nitrogens is 2. The standard InChI is InChI=1S/C22H27F3N6O2/c1-27-12-14-11-16(30-9-2-10-30)5-8-19(14)31-13-18(20(26)32)21(29-31)28-15-3-6-17(7-4-15)33-22(23,24)25/h3-4,6-7,13-14,16,19H,1-2,5,8-12H2,(H2,26,32)(H,28,29). The summed E-state index contributed by atoms with van der Waals surface area (Å²) in [5, 5.41) is 7.57. The molecule has 1 saturated carbocycles. The molecular weight excluding hydrogens is 437 g/mol. The van der Waals surface area contributed by atoms with Crippen LogP contribution in [0, 0.1) is 5.92 Å². The normalized spacial score (nSPS) is 23.5. The zero-order valence-electron chi connectivity index (χ0n) is 18.1. The van der Waals surface area contributed by atoms with Crippen molar-refractivity contribution in [2.75, 3.05) is 25.0 Å². The van der Waals surface area contributed by atoms with Crippen LogP contribution in [0.2, 0.25) is 0 Å². The van der Waals surface area contributed by atoms with Gasteiger partial charge in [-0.2, -0.15) is 5.10 Å². The van der Waals surface area contributed by atoms with E-state index in [0.717, 1.165) is 32.4 Å². The van der Waals surface area contributed by atoms with E-state index >= 15 is 0 Å². The quantitative estimate of drug-likeness (QED) is 0.580. The summed E-state index contributed by atoms with van der Waals surface area (Å²) < 4.78 is 42.8. The van der Waals surface area contributed by atoms with Crippen molar-refractivity contribution in [3.8, 4) is 5.75 Å². The Balaban J connectivity index is 1.52. The Kier molecular flexibility index (Phi) is 6.59. The molecular formula is C22H27F3N6O2. The Morgan fingerprint density at radius 2 is 2.00 bits per heavy atom. The molecule has 1 aliphatic carbocycles. The lowest BCUT2D eigenvalue weighted by Crippen LogP contribution is -2.48. The van der Waals surface area contributed by atoms with Gasteiger partial charge in [-0.25, -0.2) is 0 Å². The first kappa shape index (κ1) is 23.1. The fraction of sp³-hybridized carbons (Fsp3) is 0.500. The van der Waals surface area contributed by atoms with Crippen LogP contribution in [0.3, 0.4) is 0 Å². The van der Waals surface area contributed by atoms with Crippen molar-refractivity contribution >= 4 is 24.1 Å². The molecule has 1 amide bonds. The van der Waals surface area contributed by atoms with Crippen LogP contribution >= 0.6 is 0 Å². The minimum atomic E-state index is -4.77. The van der Waals surface area contributed by atoms with E-state index in [1.807, 2.05) is 0 Å². The first-order chi connectivity index (χ1) is 15.7. The van der Waals surface area contributed by atoms with Crippen LogP contribution in [0.5, 0.6) is 5.75 Å². The molecule has 0 spiro atoms. The fourth-order valence-corrected chi connectivity index (χ4v) is 4.68. The van der Waals surface area contributed by atoms with E-state index in [4.69, 9.17) is 5.73 Å². The number of halogens is 3. The van der Waals surface area contributed by atoms with Gasteiger partial charge in [-0.3, -0.25) is 9.48 Å². The van der Waals surface area contributed by atoms with Crippen LogP contribution in [0.4, 0.5) is 24.7 Å². The first-order valence-electron chi connectivity index (χ1n) is 10.9. The summed E-state index contributed by atoms with van der Waals surface area (Å²) in [5.74, 6) is -0.503. The van der Waals surface area contributed by atoms with Crippen molar-refractivity contribution in [2.24, 2.45) is 16.6 Å². The minimum absolute atomic E-state index is 0.0456. The van der Waals surface area contributed by atoms with Gasteiger partial charge in [-0.15, -0.1) is 13.2 Å². The highest BCUT2D eigenvalue weighted by atomic mass is 19.4. The molecule has 3 atom stereocenters. The molecule has 0 radical (unpaired) electrons. The lowest BCUT2D eigenvalue weighted by molar-refractivity contribution is -0.274. The predicted molar refractivity (Wildman–Crippen MR) is 118 cm³/mol. The molecule has 33 heavy (non-hydrogen) atoms. The number of benzene rings is 1. The molecule has 3 N–H and O–H groups in total. The fourth-order valence-electron chi connectivity index (χ4n) is 4.68. The third kappa shape index (κ3) is 5.47. The maximum Gasteiger partial charge on any atom is 0.573 e. The van der Waals surface area contributed by atoms with Gasteiger partial charge in [0.05, 0.1) is 6.04 Å². The highest BCUT2D eigenvalue weighted by molar-refractivity contribution is 5.98. The molecule has 0 bridgehead atoms. The number of amides is 1. The maximum absolute atomic E-state index is 12.4. The van der Waals surface area contributed by atoms with Crippen molar-refractivity contribution in [3.63, 3.8) is 0 Å². The summed E-state index contributed by atoms with van der Waals surface area (Å²) in [5.41, 5.74) is 6.23. The van der Waals surface area contributed by atoms with E-state index in [0.29, 0.717) is 18.3 Å². The lowest BCUT2D eigenvalue weighted by Gasteiger charge is -2.44. The van der Waals surface area contributed by atoms with E-state index < -0.39 is 12.3 Å². The third-order valence-corrected chi connectivity index (χ3v) is 6.37. The summed E-state index contributed by atoms with van der Waals surface area (Å²) in [6, 6.07) is 5.76. The van der Waals surface area contributed by atoms with Crippen LogP contribution in [-0.2, 0) is 0 Å². The Morgan fingerprint density at radius 1 is 1.27 bits per heavy atom. The molecule has 4 rings (SSSR count). The van der Waals surface area contributed by atoms with Gasteiger partial charge in [-0.05, 0) is 69.8 Å². The molecule has 1 aromatic heterocycles. The number of hydrogen-bond donors (Lipinski definition) is 2. The molecule has 3 unspecified atom stereocenters. The number of carbonyl (C=O) groups is 1. The molecule has 2 aliphatic rings. The van der Waals surface area contributed by atoms with E-state index in [1.165, 1.54) is 30.7 Å². The maximum atomic E-state index is 12.4. The zero-order chi connectivity index (χ0) is 23.6. The van der Waals surface area contributed by atoms with Crippen molar-refractivity contribution in [3.05, 3.63) is 36.0 Å². The average Bonchev–Trinajstić information content (AvgIpc) is 3.11. The Morgan fingerprint density at radius 3 is 2.58 bits per heavy atom. The first-order valence-corrected chi connectivity index (χ1v) is 10.9. The van der Waals surface area contributed by atoms with Crippen LogP contribution in [0.1, 0.15) is 42.1 Å². The summed E-state index contributed by atoms with van der Waals surface area (Å²) in [4.78, 5) is 18.7. The van der Waals surface area contributed by atoms with Gasteiger partial charge >= 0.3 is 6.36 Å². The SMILES string of the molecule is C=NCC1CC(N2CCC2)CCC1n1cc(C(N)=O)c(Nc2ccc(OC(F)(F)F)cc2)n1. The Hall–Kier alpha value is -3.08. The lowest BCUT2D eigenvalue weighted by atomic mass is 9.80. The Labute approximate surface area is 189 Å². The topological polar surface area (TPSA) is 97.8 Å². The number of carbonyl (C=O) groups excluding carboxylic acids is 1. The molecule has 178 valence electrons. The number of rotatable bonds is 8. The van der Waals surface area contributed by atoms with Gasteiger partial charge in [0.2, 0.25) is 0 Å². The largest absolute Gasteiger partial charge is 0.573 e. The number of anilines is 2. The summed E-state index contributed by atoms with van der Waals surface area (Å²) in [6.45, 7) is 6.54. The predicted octanol–water partition coefficient (Wildman–Crippen LogP) is 3.74. The summed E-state index contributed by atoms with van der Waals surface area (Å²) >= 11 is 0. The van der Waals surface area contributed by atoms with E-state index in [-0.39, 0.29) is 29.1 Å². The summed E-state index contributed by atoms with van der Waals surface area (Å²) in [6.07, 6.45) is 1.02. The number of primary amides is 1. The van der Waals surface area contributed by atoms with Crippen LogP contribution in [-0.4, -0.2) is 59.3 Å². The van der Waals surface area contributed by atoms with Gasteiger partial charge in [0.1, 0.15) is 11.3 Å². The average molecular weight is 464 g/mol. The monoisotopic (exact) mass is 464 g/mol. The van der Waals surface area contributed by atoms with Gasteiger partial charge in [-0.1, -0.05) is 0 Å². The van der Waals surface area contributed by atoms with E-state index in [9.17, 15) is 18.0 Å². The molecule has 2 aromatic rings. The smallest absolute Gasteiger partial charge is 0.406 e. The van der Waals surface area contributed by atoms with Crippen LogP contribution in [0.15, 0.2) is 35.5 Å². The molecule has 1 saturated heterocycles. The number of hydrogen-bond acceptors (Lipinski definition) is 6. The number of alkyl halides is 3. The Bertz CT molecular complexity index is 987. The van der Waals surface area contributed by atoms with Crippen LogP contribution in [0.25, 0.3) is 0 Å². The molecule has 2 fully saturated rings. The third-order valence-electron chi connectivity index (χ3n) is 6.37. The van der Waals surface area contributed by atoms with Crippen molar-refractivity contribution in [2.45, 2.75) is 44.1 Å². The van der Waals surface area contributed by atoms with Crippen LogP contribution < -0.4 is 15.8 Å². The highest BCUT2D eigenvalue weighted by Crippen LogP contribution is 2.38. The second-order valence-electron chi connectivity index (χ2n) is 8.52. The van der Waals surface area contributed by atoms with Gasteiger partial charge in [0.25, 0.3) is 5.91 Å². The zero-order valence-corrected chi connectivity index (χ0v) is 18.1.